The minimum Gasteiger partial charge on any atom is -0.472 e. The summed E-state index contributed by atoms with van der Waals surface area (Å²) in [4.78, 5) is 0. The summed E-state index contributed by atoms with van der Waals surface area (Å²) in [5.74, 6) is 1.51. The lowest BCUT2D eigenvalue weighted by Gasteiger charge is -2.22. The van der Waals surface area contributed by atoms with E-state index in [2.05, 4.69) is 15.6 Å². The highest BCUT2D eigenvalue weighted by molar-refractivity contribution is 5.01. The topological polar surface area (TPSA) is 52.0 Å². The zero-order valence-corrected chi connectivity index (χ0v) is 9.43. The van der Waals surface area contributed by atoms with E-state index in [1.807, 2.05) is 10.9 Å². The minimum absolute atomic E-state index is 0.312. The number of aromatic nitrogens is 3. The van der Waals surface area contributed by atoms with Crippen LogP contribution < -0.4 is 10.1 Å². The predicted octanol–water partition coefficient (Wildman–Crippen LogP) is 0.819. The molecule has 0 amide bonds. The van der Waals surface area contributed by atoms with Gasteiger partial charge in [0, 0.05) is 6.54 Å². The summed E-state index contributed by atoms with van der Waals surface area (Å²) in [5.41, 5.74) is 0. The number of rotatable bonds is 4. The van der Waals surface area contributed by atoms with Gasteiger partial charge in [-0.1, -0.05) is 10.3 Å². The number of nitrogens with one attached hydrogen (secondary N) is 1. The zero-order valence-electron chi connectivity index (χ0n) is 9.43. The van der Waals surface area contributed by atoms with Gasteiger partial charge in [-0.25, -0.2) is 4.68 Å². The van der Waals surface area contributed by atoms with Crippen LogP contribution in [0.2, 0.25) is 0 Å². The first-order valence-corrected chi connectivity index (χ1v) is 6.17. The van der Waals surface area contributed by atoms with Crippen LogP contribution in [0.4, 0.5) is 0 Å². The maximum absolute atomic E-state index is 5.80. The first-order valence-electron chi connectivity index (χ1n) is 6.17. The fourth-order valence-electron chi connectivity index (χ4n) is 2.07. The van der Waals surface area contributed by atoms with Crippen LogP contribution in [-0.4, -0.2) is 34.2 Å². The molecule has 1 aromatic heterocycles. The summed E-state index contributed by atoms with van der Waals surface area (Å²) in [6.45, 7) is 3.09. The number of nitrogens with zero attached hydrogens (tertiary/aromatic N) is 3. The first kappa shape index (κ1) is 10.1. The Kier molecular flexibility index (Phi) is 2.78. The van der Waals surface area contributed by atoms with Crippen molar-refractivity contribution in [3.63, 3.8) is 0 Å². The largest absolute Gasteiger partial charge is 0.472 e. The maximum atomic E-state index is 5.80. The van der Waals surface area contributed by atoms with Crippen LogP contribution in [0.5, 0.6) is 5.88 Å². The van der Waals surface area contributed by atoms with Gasteiger partial charge in [-0.15, -0.1) is 0 Å². The van der Waals surface area contributed by atoms with Crippen molar-refractivity contribution in [2.45, 2.75) is 38.3 Å². The van der Waals surface area contributed by atoms with Gasteiger partial charge < -0.3 is 10.1 Å². The molecule has 0 radical (unpaired) electrons. The average Bonchev–Trinajstić information content (AvgIpc) is 3.01. The highest BCUT2D eigenvalue weighted by Gasteiger charge is 2.23. The fraction of sp³-hybridized carbons (Fsp3) is 0.818. The lowest BCUT2D eigenvalue weighted by atomic mass is 10.1. The quantitative estimate of drug-likeness (QED) is 0.819. The Labute approximate surface area is 95.2 Å². The number of hydrogen-bond donors (Lipinski definition) is 1. The Balaban J connectivity index is 1.54. The molecular formula is C11H18N4O. The van der Waals surface area contributed by atoms with Crippen LogP contribution in [-0.2, 0) is 6.54 Å². The SMILES string of the molecule is c1c(OC2CCNCC2)nnn1CC1CC1. The molecule has 16 heavy (non-hydrogen) atoms. The summed E-state index contributed by atoms with van der Waals surface area (Å²) in [6, 6.07) is 0. The second-order valence-electron chi connectivity index (χ2n) is 4.79. The van der Waals surface area contributed by atoms with Gasteiger partial charge in [0.2, 0.25) is 0 Å². The van der Waals surface area contributed by atoms with Crippen molar-refractivity contribution in [1.29, 1.82) is 0 Å². The van der Waals surface area contributed by atoms with Crippen molar-refractivity contribution in [2.75, 3.05) is 13.1 Å². The van der Waals surface area contributed by atoms with Gasteiger partial charge in [0.05, 0.1) is 6.20 Å². The maximum Gasteiger partial charge on any atom is 0.253 e. The lowest BCUT2D eigenvalue weighted by molar-refractivity contribution is 0.155. The summed E-state index contributed by atoms with van der Waals surface area (Å²) in [6.07, 6.45) is 7.05. The van der Waals surface area contributed by atoms with Gasteiger partial charge in [-0.2, -0.15) is 0 Å². The molecule has 2 aliphatic rings. The Bertz CT molecular complexity index is 342. The molecule has 0 bridgehead atoms. The van der Waals surface area contributed by atoms with Gasteiger partial charge >= 0.3 is 0 Å². The summed E-state index contributed by atoms with van der Waals surface area (Å²) >= 11 is 0. The van der Waals surface area contributed by atoms with Gasteiger partial charge in [0.25, 0.3) is 5.88 Å². The number of ether oxygens (including phenoxy) is 1. The standard InChI is InChI=1S/C11H18N4O/c1-2-9(1)7-15-8-11(13-14-15)16-10-3-5-12-6-4-10/h8-10,12H,1-7H2. The molecule has 1 aromatic rings. The van der Waals surface area contributed by atoms with Crippen LogP contribution in [0, 0.1) is 5.92 Å². The average molecular weight is 222 g/mol. The zero-order chi connectivity index (χ0) is 10.8. The Morgan fingerprint density at radius 1 is 1.31 bits per heavy atom. The second-order valence-corrected chi connectivity index (χ2v) is 4.79. The van der Waals surface area contributed by atoms with E-state index < -0.39 is 0 Å². The summed E-state index contributed by atoms with van der Waals surface area (Å²) in [5, 5.41) is 11.5. The van der Waals surface area contributed by atoms with E-state index in [1.165, 1.54) is 12.8 Å². The molecule has 3 rings (SSSR count). The molecule has 88 valence electrons. The van der Waals surface area contributed by atoms with Crippen molar-refractivity contribution >= 4 is 0 Å². The second kappa shape index (κ2) is 4.41. The van der Waals surface area contributed by atoms with Crippen LogP contribution in [0.3, 0.4) is 0 Å². The molecule has 1 N–H and O–H groups in total. The summed E-state index contributed by atoms with van der Waals surface area (Å²) < 4.78 is 7.71. The first-order chi connectivity index (χ1) is 7.90. The Morgan fingerprint density at radius 2 is 2.12 bits per heavy atom. The molecule has 1 saturated heterocycles. The van der Waals surface area contributed by atoms with Crippen LogP contribution >= 0.6 is 0 Å². The Morgan fingerprint density at radius 3 is 2.88 bits per heavy atom. The van der Waals surface area contributed by atoms with Crippen LogP contribution in [0.15, 0.2) is 6.20 Å². The normalized spacial score (nSPS) is 22.2. The van der Waals surface area contributed by atoms with Crippen molar-refractivity contribution in [2.24, 2.45) is 5.92 Å². The minimum atomic E-state index is 0.312. The molecule has 5 nitrogen and oxygen atoms in total. The number of piperidine rings is 1. The lowest BCUT2D eigenvalue weighted by Crippen LogP contribution is -2.34. The smallest absolute Gasteiger partial charge is 0.253 e. The van der Waals surface area contributed by atoms with Gasteiger partial charge in [0.15, 0.2) is 0 Å². The molecule has 1 aliphatic heterocycles. The van der Waals surface area contributed by atoms with Gasteiger partial charge in [-0.3, -0.25) is 0 Å². The van der Waals surface area contributed by atoms with Crippen molar-refractivity contribution < 1.29 is 4.74 Å². The van der Waals surface area contributed by atoms with Crippen molar-refractivity contribution in [3.8, 4) is 5.88 Å². The third-order valence-electron chi connectivity index (χ3n) is 3.23. The van der Waals surface area contributed by atoms with Crippen molar-refractivity contribution in [3.05, 3.63) is 6.20 Å². The van der Waals surface area contributed by atoms with E-state index in [0.29, 0.717) is 12.0 Å². The number of hydrogen-bond acceptors (Lipinski definition) is 4. The molecule has 0 unspecified atom stereocenters. The third-order valence-corrected chi connectivity index (χ3v) is 3.23. The predicted molar refractivity (Wildman–Crippen MR) is 59.3 cm³/mol. The highest BCUT2D eigenvalue weighted by Crippen LogP contribution is 2.30. The molecule has 1 aliphatic carbocycles. The molecular weight excluding hydrogens is 204 g/mol. The van der Waals surface area contributed by atoms with E-state index >= 15 is 0 Å². The van der Waals surface area contributed by atoms with Gasteiger partial charge in [-0.05, 0) is 44.7 Å². The molecule has 2 fully saturated rings. The van der Waals surface area contributed by atoms with Crippen molar-refractivity contribution in [1.82, 2.24) is 20.3 Å². The molecule has 2 heterocycles. The van der Waals surface area contributed by atoms with E-state index in [4.69, 9.17) is 4.74 Å². The third kappa shape index (κ3) is 2.52. The van der Waals surface area contributed by atoms with E-state index in [9.17, 15) is 0 Å². The molecule has 0 spiro atoms. The fourth-order valence-corrected chi connectivity index (χ4v) is 2.07. The van der Waals surface area contributed by atoms with Crippen LogP contribution in [0.1, 0.15) is 25.7 Å². The van der Waals surface area contributed by atoms with E-state index in [-0.39, 0.29) is 0 Å². The highest BCUT2D eigenvalue weighted by atomic mass is 16.5. The molecule has 0 atom stereocenters. The van der Waals surface area contributed by atoms with Crippen LogP contribution in [0.25, 0.3) is 0 Å². The van der Waals surface area contributed by atoms with E-state index in [0.717, 1.165) is 38.4 Å². The monoisotopic (exact) mass is 222 g/mol. The molecule has 1 saturated carbocycles. The van der Waals surface area contributed by atoms with E-state index in [1.54, 1.807) is 0 Å². The summed E-state index contributed by atoms with van der Waals surface area (Å²) in [7, 11) is 0. The Hall–Kier alpha value is -1.10. The molecule has 0 aromatic carbocycles. The van der Waals surface area contributed by atoms with Gasteiger partial charge in [0.1, 0.15) is 6.10 Å². The molecule has 5 heteroatoms.